The molecule has 0 aromatic carbocycles. The predicted molar refractivity (Wildman–Crippen MR) is 44.6 cm³/mol. The zero-order valence-corrected chi connectivity index (χ0v) is 7.28. The van der Waals surface area contributed by atoms with Gasteiger partial charge in [0.15, 0.2) is 0 Å². The second-order valence-electron chi connectivity index (χ2n) is 3.04. The monoisotopic (exact) mass is 135 g/mol. The molecular weight excluding hydrogens is 120 g/mol. The lowest BCUT2D eigenvalue weighted by Gasteiger charge is -2.04. The maximum absolute atomic E-state index is 3.45. The molecule has 1 radical (unpaired) electrons. The molecule has 1 unspecified atom stereocenters. The Kier molecular flexibility index (Phi) is 1.98. The van der Waals surface area contributed by atoms with E-state index in [1.54, 1.807) is 0 Å². The van der Waals surface area contributed by atoms with Gasteiger partial charge in [-0.2, -0.15) is 0 Å². The summed E-state index contributed by atoms with van der Waals surface area (Å²) in [5.41, 5.74) is 4.32. The molecule has 1 aliphatic rings. The Bertz CT molecular complexity index is 194. The molecule has 0 aromatic rings. The summed E-state index contributed by atoms with van der Waals surface area (Å²) in [6, 6.07) is 0. The second kappa shape index (κ2) is 2.61. The van der Waals surface area contributed by atoms with E-state index in [2.05, 4.69) is 33.8 Å². The molecule has 0 spiro atoms. The molecular formula is C10H15. The van der Waals surface area contributed by atoms with Gasteiger partial charge in [0.2, 0.25) is 0 Å². The maximum atomic E-state index is 3.45. The van der Waals surface area contributed by atoms with Crippen LogP contribution in [0.5, 0.6) is 0 Å². The van der Waals surface area contributed by atoms with Gasteiger partial charge in [0.05, 0.1) is 0 Å². The van der Waals surface area contributed by atoms with Crippen molar-refractivity contribution in [3.05, 3.63) is 22.8 Å². The molecule has 1 aliphatic carbocycles. The highest BCUT2D eigenvalue weighted by Crippen LogP contribution is 2.30. The average Bonchev–Trinajstić information content (AvgIpc) is 2.17. The largest absolute Gasteiger partial charge is 0.0645 e. The lowest BCUT2D eigenvalue weighted by Crippen LogP contribution is -1.92. The summed E-state index contributed by atoms with van der Waals surface area (Å²) >= 11 is 0. The molecule has 55 valence electrons. The van der Waals surface area contributed by atoms with Crippen molar-refractivity contribution < 1.29 is 0 Å². The van der Waals surface area contributed by atoms with Gasteiger partial charge < -0.3 is 0 Å². The van der Waals surface area contributed by atoms with Crippen molar-refractivity contribution in [1.82, 2.24) is 0 Å². The van der Waals surface area contributed by atoms with Crippen LogP contribution >= 0.6 is 0 Å². The van der Waals surface area contributed by atoms with E-state index in [4.69, 9.17) is 0 Å². The summed E-state index contributed by atoms with van der Waals surface area (Å²) in [5.74, 6) is 0.611. The first-order valence-corrected chi connectivity index (χ1v) is 3.94. The average molecular weight is 135 g/mol. The van der Waals surface area contributed by atoms with Crippen LogP contribution in [0.2, 0.25) is 0 Å². The molecule has 1 rings (SSSR count). The van der Waals surface area contributed by atoms with Gasteiger partial charge in [-0.15, -0.1) is 0 Å². The molecule has 0 bridgehead atoms. The van der Waals surface area contributed by atoms with E-state index in [1.807, 2.05) is 0 Å². The Morgan fingerprint density at radius 1 is 1.30 bits per heavy atom. The number of hydrogen-bond acceptors (Lipinski definition) is 0. The van der Waals surface area contributed by atoms with Crippen LogP contribution < -0.4 is 0 Å². The van der Waals surface area contributed by atoms with Gasteiger partial charge in [-0.3, -0.25) is 0 Å². The van der Waals surface area contributed by atoms with E-state index in [0.717, 1.165) is 0 Å². The lowest BCUT2D eigenvalue weighted by molar-refractivity contribution is 0.717. The van der Waals surface area contributed by atoms with Crippen LogP contribution in [0.25, 0.3) is 0 Å². The van der Waals surface area contributed by atoms with E-state index in [9.17, 15) is 0 Å². The first kappa shape index (κ1) is 7.59. The first-order chi connectivity index (χ1) is 4.66. The van der Waals surface area contributed by atoms with Crippen LogP contribution in [0.15, 0.2) is 16.7 Å². The predicted octanol–water partition coefficient (Wildman–Crippen LogP) is 3.11. The van der Waals surface area contributed by atoms with E-state index in [-0.39, 0.29) is 0 Å². The van der Waals surface area contributed by atoms with Crippen LogP contribution in [-0.4, -0.2) is 0 Å². The van der Waals surface area contributed by atoms with Gasteiger partial charge in [-0.1, -0.05) is 12.5 Å². The van der Waals surface area contributed by atoms with Gasteiger partial charge in [0.1, 0.15) is 0 Å². The van der Waals surface area contributed by atoms with Crippen LogP contribution in [0.1, 0.15) is 34.1 Å². The number of allylic oxidation sites excluding steroid dienone is 4. The Labute approximate surface area is 63.6 Å². The Morgan fingerprint density at radius 2 is 1.90 bits per heavy atom. The summed E-state index contributed by atoms with van der Waals surface area (Å²) < 4.78 is 0. The Hall–Kier alpha value is -0.520. The van der Waals surface area contributed by atoms with Crippen molar-refractivity contribution in [1.29, 1.82) is 0 Å². The van der Waals surface area contributed by atoms with Crippen LogP contribution in [0, 0.1) is 12.0 Å². The SMILES string of the molecule is CCC1[C]=C(C)C(C)=C1C. The van der Waals surface area contributed by atoms with Crippen LogP contribution in [0.3, 0.4) is 0 Å². The quantitative estimate of drug-likeness (QED) is 0.518. The van der Waals surface area contributed by atoms with Gasteiger partial charge >= 0.3 is 0 Å². The fourth-order valence-corrected chi connectivity index (χ4v) is 1.44. The smallest absolute Gasteiger partial charge is 0.00543 e. The molecule has 0 saturated carbocycles. The fourth-order valence-electron chi connectivity index (χ4n) is 1.44. The molecule has 0 N–H and O–H groups in total. The molecule has 0 nitrogen and oxygen atoms in total. The maximum Gasteiger partial charge on any atom is 0.00543 e. The Morgan fingerprint density at radius 3 is 2.10 bits per heavy atom. The van der Waals surface area contributed by atoms with Crippen LogP contribution in [0.4, 0.5) is 0 Å². The fraction of sp³-hybridized carbons (Fsp3) is 0.600. The molecule has 0 fully saturated rings. The third-order valence-electron chi connectivity index (χ3n) is 2.48. The first-order valence-electron chi connectivity index (χ1n) is 3.94. The van der Waals surface area contributed by atoms with E-state index >= 15 is 0 Å². The molecule has 0 saturated heterocycles. The highest BCUT2D eigenvalue weighted by Gasteiger charge is 2.16. The highest BCUT2D eigenvalue weighted by atomic mass is 14.2. The number of hydrogen-bond donors (Lipinski definition) is 0. The van der Waals surface area contributed by atoms with Crippen molar-refractivity contribution in [2.45, 2.75) is 34.1 Å². The van der Waals surface area contributed by atoms with Crippen molar-refractivity contribution in [2.75, 3.05) is 0 Å². The third kappa shape index (κ3) is 1.03. The van der Waals surface area contributed by atoms with Crippen molar-refractivity contribution >= 4 is 0 Å². The summed E-state index contributed by atoms with van der Waals surface area (Å²) in [6.07, 6.45) is 4.64. The van der Waals surface area contributed by atoms with Crippen molar-refractivity contribution in [3.8, 4) is 0 Å². The van der Waals surface area contributed by atoms with E-state index in [1.165, 1.54) is 23.1 Å². The van der Waals surface area contributed by atoms with E-state index in [0.29, 0.717) is 5.92 Å². The molecule has 10 heavy (non-hydrogen) atoms. The summed E-state index contributed by atoms with van der Waals surface area (Å²) in [6.45, 7) is 8.77. The zero-order chi connectivity index (χ0) is 7.72. The highest BCUT2D eigenvalue weighted by molar-refractivity contribution is 5.38. The second-order valence-corrected chi connectivity index (χ2v) is 3.04. The molecule has 0 amide bonds. The standard InChI is InChI=1S/C10H15/c1-5-10-6-7(2)8(3)9(10)4/h10H,5H2,1-4H3. The normalized spacial score (nSPS) is 25.6. The lowest BCUT2D eigenvalue weighted by atomic mass is 10.0. The van der Waals surface area contributed by atoms with Crippen molar-refractivity contribution in [2.24, 2.45) is 5.92 Å². The third-order valence-corrected chi connectivity index (χ3v) is 2.48. The number of rotatable bonds is 1. The van der Waals surface area contributed by atoms with E-state index < -0.39 is 0 Å². The minimum Gasteiger partial charge on any atom is -0.0645 e. The molecule has 0 heterocycles. The summed E-state index contributed by atoms with van der Waals surface area (Å²) in [5, 5.41) is 0. The molecule has 0 aromatic heterocycles. The molecule has 1 atom stereocenters. The van der Waals surface area contributed by atoms with Crippen LogP contribution in [-0.2, 0) is 0 Å². The van der Waals surface area contributed by atoms with Gasteiger partial charge in [0, 0.05) is 5.92 Å². The minimum absolute atomic E-state index is 0.611. The molecule has 0 heteroatoms. The topological polar surface area (TPSA) is 0 Å². The van der Waals surface area contributed by atoms with Gasteiger partial charge in [-0.05, 0) is 44.4 Å². The zero-order valence-electron chi connectivity index (χ0n) is 7.28. The summed E-state index contributed by atoms with van der Waals surface area (Å²) in [7, 11) is 0. The molecule has 0 aliphatic heterocycles. The van der Waals surface area contributed by atoms with Gasteiger partial charge in [0.25, 0.3) is 0 Å². The minimum atomic E-state index is 0.611. The summed E-state index contributed by atoms with van der Waals surface area (Å²) in [4.78, 5) is 0. The van der Waals surface area contributed by atoms with Gasteiger partial charge in [-0.25, -0.2) is 0 Å². The Balaban J connectivity index is 2.88. The van der Waals surface area contributed by atoms with Crippen molar-refractivity contribution in [3.63, 3.8) is 0 Å².